The van der Waals surface area contributed by atoms with E-state index < -0.39 is 0 Å². The van der Waals surface area contributed by atoms with Crippen LogP contribution in [0.25, 0.3) is 22.5 Å². The van der Waals surface area contributed by atoms with Crippen LogP contribution >= 0.6 is 80.8 Å². The van der Waals surface area contributed by atoms with E-state index in [1.165, 1.54) is 34.4 Å². The lowest BCUT2D eigenvalue weighted by Gasteiger charge is -2.03. The molecule has 192 valence electrons. The topological polar surface area (TPSA) is 84.0 Å². The van der Waals surface area contributed by atoms with Crippen LogP contribution in [0.15, 0.2) is 47.2 Å². The summed E-state index contributed by atoms with van der Waals surface area (Å²) in [4.78, 5) is 33.4. The van der Waals surface area contributed by atoms with Crippen LogP contribution in [-0.4, -0.2) is 33.3 Å². The molecule has 0 fully saturated rings. The zero-order valence-corrected chi connectivity index (χ0v) is 24.4. The lowest BCUT2D eigenvalue weighted by Crippen LogP contribution is -2.13. The summed E-state index contributed by atoms with van der Waals surface area (Å²) in [7, 11) is 0. The minimum Gasteiger partial charge on any atom is -0.302 e. The van der Waals surface area contributed by atoms with Gasteiger partial charge in [0.1, 0.15) is 0 Å². The molecule has 0 radical (unpaired) electrons. The Bertz CT molecular complexity index is 1320. The number of nitrogens with one attached hydrogen (secondary N) is 2. The van der Waals surface area contributed by atoms with Crippen LogP contribution in [0.2, 0.25) is 20.1 Å². The maximum Gasteiger partial charge on any atom is 0.226 e. The van der Waals surface area contributed by atoms with Crippen molar-refractivity contribution in [1.82, 2.24) is 9.97 Å². The van der Waals surface area contributed by atoms with E-state index in [4.69, 9.17) is 46.4 Å². The zero-order chi connectivity index (χ0) is 26.4. The Morgan fingerprint density at radius 2 is 1.14 bits per heavy atom. The Morgan fingerprint density at radius 1 is 0.703 bits per heavy atom. The van der Waals surface area contributed by atoms with Crippen LogP contribution in [0.5, 0.6) is 0 Å². The van der Waals surface area contributed by atoms with Gasteiger partial charge in [0.15, 0.2) is 10.3 Å². The second-order valence-electron chi connectivity index (χ2n) is 7.54. The molecule has 4 rings (SSSR count). The van der Waals surface area contributed by atoms with Crippen LogP contribution in [0.3, 0.4) is 0 Å². The molecule has 0 aliphatic carbocycles. The molecule has 0 unspecified atom stereocenters. The van der Waals surface area contributed by atoms with Gasteiger partial charge in [-0.2, -0.15) is 11.8 Å². The number of hydrogen-bond donors (Lipinski definition) is 2. The quantitative estimate of drug-likeness (QED) is 0.171. The predicted octanol–water partition coefficient (Wildman–Crippen LogP) is 8.64. The molecule has 0 saturated heterocycles. The fraction of sp³-hybridized carbons (Fsp3) is 0.167. The van der Waals surface area contributed by atoms with E-state index in [1.807, 2.05) is 22.9 Å². The van der Waals surface area contributed by atoms with Gasteiger partial charge in [0.05, 0.1) is 31.5 Å². The summed E-state index contributed by atoms with van der Waals surface area (Å²) < 4.78 is 0. The molecule has 0 aliphatic heterocycles. The minimum absolute atomic E-state index is 0.135. The maximum absolute atomic E-state index is 12.3. The Hall–Kier alpha value is -1.85. The zero-order valence-electron chi connectivity index (χ0n) is 18.9. The average molecular weight is 632 g/mol. The Balaban J connectivity index is 1.15. The number of carbonyl (C=O) groups is 2. The SMILES string of the molecule is O=C(CCSCCC(=O)Nc1nc(-c2ccc(Cl)c(Cl)c2)cs1)Nc1nc(-c2ccc(Cl)c(Cl)c2)cs1. The molecule has 0 aliphatic rings. The molecule has 13 heteroatoms. The Kier molecular flexibility index (Phi) is 10.1. The Morgan fingerprint density at radius 3 is 1.54 bits per heavy atom. The fourth-order valence-corrected chi connectivity index (χ4v) is 5.97. The molecular weight excluding hydrogens is 614 g/mol. The maximum atomic E-state index is 12.3. The first-order valence-corrected chi connectivity index (χ1v) is 15.2. The first-order valence-electron chi connectivity index (χ1n) is 10.8. The van der Waals surface area contributed by atoms with Crippen LogP contribution in [0, 0.1) is 0 Å². The number of rotatable bonds is 10. The third-order valence-electron chi connectivity index (χ3n) is 4.88. The summed E-state index contributed by atoms with van der Waals surface area (Å²) >= 11 is 28.3. The van der Waals surface area contributed by atoms with Crippen molar-refractivity contribution in [2.45, 2.75) is 12.8 Å². The number of hydrogen-bond acceptors (Lipinski definition) is 7. The number of benzene rings is 2. The van der Waals surface area contributed by atoms with Crippen molar-refractivity contribution in [1.29, 1.82) is 0 Å². The highest BCUT2D eigenvalue weighted by Crippen LogP contribution is 2.32. The molecule has 37 heavy (non-hydrogen) atoms. The molecule has 0 bridgehead atoms. The molecule has 4 aromatic rings. The number of aromatic nitrogens is 2. The molecule has 2 amide bonds. The highest BCUT2D eigenvalue weighted by molar-refractivity contribution is 7.99. The molecule has 2 aromatic heterocycles. The van der Waals surface area contributed by atoms with Gasteiger partial charge in [-0.15, -0.1) is 22.7 Å². The lowest BCUT2D eigenvalue weighted by molar-refractivity contribution is -0.116. The summed E-state index contributed by atoms with van der Waals surface area (Å²) in [5.74, 6) is 0.903. The first-order chi connectivity index (χ1) is 17.8. The minimum atomic E-state index is -0.135. The summed E-state index contributed by atoms with van der Waals surface area (Å²) in [5, 5.41) is 12.2. The molecule has 2 N–H and O–H groups in total. The third-order valence-corrected chi connectivity index (χ3v) is 8.86. The molecule has 2 heterocycles. The van der Waals surface area contributed by atoms with Crippen molar-refractivity contribution in [3.63, 3.8) is 0 Å². The number of thioether (sulfide) groups is 1. The molecular formula is C24H18Cl4N4O2S3. The van der Waals surface area contributed by atoms with E-state index in [-0.39, 0.29) is 11.8 Å². The van der Waals surface area contributed by atoms with Crippen molar-refractivity contribution in [3.05, 3.63) is 67.2 Å². The number of amides is 2. The predicted molar refractivity (Wildman–Crippen MR) is 159 cm³/mol. The number of nitrogens with zero attached hydrogens (tertiary/aromatic N) is 2. The van der Waals surface area contributed by atoms with E-state index in [9.17, 15) is 9.59 Å². The van der Waals surface area contributed by atoms with Gasteiger partial charge in [-0.25, -0.2) is 9.97 Å². The van der Waals surface area contributed by atoms with Gasteiger partial charge >= 0.3 is 0 Å². The first kappa shape index (κ1) is 28.2. The summed E-state index contributed by atoms with van der Waals surface area (Å²) in [6, 6.07) is 10.5. The van der Waals surface area contributed by atoms with E-state index in [2.05, 4.69) is 20.6 Å². The monoisotopic (exact) mass is 630 g/mol. The van der Waals surface area contributed by atoms with Gasteiger partial charge in [-0.05, 0) is 24.3 Å². The van der Waals surface area contributed by atoms with E-state index >= 15 is 0 Å². The van der Waals surface area contributed by atoms with Crippen molar-refractivity contribution in [3.8, 4) is 22.5 Å². The highest BCUT2D eigenvalue weighted by Gasteiger charge is 2.12. The molecule has 0 atom stereocenters. The molecule has 0 saturated carbocycles. The van der Waals surface area contributed by atoms with Crippen molar-refractivity contribution in [2.75, 3.05) is 22.1 Å². The smallest absolute Gasteiger partial charge is 0.226 e. The van der Waals surface area contributed by atoms with Crippen LogP contribution < -0.4 is 10.6 Å². The summed E-state index contributed by atoms with van der Waals surface area (Å²) in [6.45, 7) is 0. The second kappa shape index (κ2) is 13.3. The van der Waals surface area contributed by atoms with Gasteiger partial charge in [0.25, 0.3) is 0 Å². The van der Waals surface area contributed by atoms with Gasteiger partial charge in [0, 0.05) is 46.2 Å². The Labute approximate surface area is 245 Å². The molecule has 2 aromatic carbocycles. The summed E-state index contributed by atoms with van der Waals surface area (Å²) in [6.07, 6.45) is 0.626. The summed E-state index contributed by atoms with van der Waals surface area (Å²) in [5.41, 5.74) is 3.07. The lowest BCUT2D eigenvalue weighted by atomic mass is 10.2. The van der Waals surface area contributed by atoms with Gasteiger partial charge in [-0.3, -0.25) is 9.59 Å². The van der Waals surface area contributed by atoms with Gasteiger partial charge in [-0.1, -0.05) is 58.5 Å². The number of halogens is 4. The number of thiazole rings is 2. The largest absolute Gasteiger partial charge is 0.302 e. The van der Waals surface area contributed by atoms with Crippen molar-refractivity contribution >= 4 is 103 Å². The van der Waals surface area contributed by atoms with Crippen molar-refractivity contribution in [2.24, 2.45) is 0 Å². The second-order valence-corrected chi connectivity index (χ2v) is 12.1. The molecule has 0 spiro atoms. The number of anilines is 2. The van der Waals surface area contributed by atoms with Crippen LogP contribution in [-0.2, 0) is 9.59 Å². The fourth-order valence-electron chi connectivity index (χ4n) is 3.03. The van der Waals surface area contributed by atoms with E-state index in [1.54, 1.807) is 24.3 Å². The number of carbonyl (C=O) groups excluding carboxylic acids is 2. The van der Waals surface area contributed by atoms with E-state index in [0.717, 1.165) is 11.1 Å². The normalized spacial score (nSPS) is 10.9. The van der Waals surface area contributed by atoms with Crippen molar-refractivity contribution < 1.29 is 9.59 Å². The highest BCUT2D eigenvalue weighted by atomic mass is 35.5. The van der Waals surface area contributed by atoms with Crippen LogP contribution in [0.1, 0.15) is 12.8 Å². The van der Waals surface area contributed by atoms with Crippen LogP contribution in [0.4, 0.5) is 10.3 Å². The third kappa shape index (κ3) is 8.07. The van der Waals surface area contributed by atoms with Gasteiger partial charge in [0.2, 0.25) is 11.8 Å². The van der Waals surface area contributed by atoms with E-state index in [0.29, 0.717) is 66.1 Å². The molecule has 6 nitrogen and oxygen atoms in total. The average Bonchev–Trinajstić information content (AvgIpc) is 3.52. The standard InChI is InChI=1S/C24H18Cl4N4O2S3/c25-15-3-1-13(9-17(15)27)19-11-36-23(29-19)31-21(33)5-7-35-8-6-22(34)32-24-30-20(12-37-24)14-2-4-16(26)18(28)10-14/h1-4,9-12H,5-8H2,(H,29,31,33)(H,30,32,34). The van der Waals surface area contributed by atoms with Gasteiger partial charge < -0.3 is 10.6 Å².